The zero-order valence-electron chi connectivity index (χ0n) is 8.93. The number of halogens is 1. The second-order valence-corrected chi connectivity index (χ2v) is 4.72. The van der Waals surface area contributed by atoms with Crippen LogP contribution in [0.15, 0.2) is 0 Å². The highest BCUT2D eigenvalue weighted by Crippen LogP contribution is 2.14. The molecule has 0 aromatic heterocycles. The molecule has 1 rings (SSSR count). The van der Waals surface area contributed by atoms with Gasteiger partial charge < -0.3 is 10.1 Å². The molecule has 2 nitrogen and oxygen atoms in total. The van der Waals surface area contributed by atoms with Gasteiger partial charge in [0.15, 0.2) is 0 Å². The highest BCUT2D eigenvalue weighted by Gasteiger charge is 2.13. The largest absolute Gasteiger partial charge is 0.378 e. The third kappa shape index (κ3) is 5.99. The van der Waals surface area contributed by atoms with Gasteiger partial charge in [-0.15, -0.1) is 0 Å². The van der Waals surface area contributed by atoms with Crippen molar-refractivity contribution in [2.45, 2.75) is 44.6 Å². The van der Waals surface area contributed by atoms with Gasteiger partial charge in [0.05, 0.1) is 6.10 Å². The molecule has 3 heteroatoms. The van der Waals surface area contributed by atoms with E-state index < -0.39 is 0 Å². The molecule has 1 aliphatic heterocycles. The minimum absolute atomic E-state index is 0.546. The van der Waals surface area contributed by atoms with Crippen LogP contribution in [0.3, 0.4) is 0 Å². The molecule has 14 heavy (non-hydrogen) atoms. The summed E-state index contributed by atoms with van der Waals surface area (Å²) in [7, 11) is 0. The summed E-state index contributed by atoms with van der Waals surface area (Å²) in [6.07, 6.45) is 8.20. The molecular formula is C11H22BrNO. The van der Waals surface area contributed by atoms with Crippen molar-refractivity contribution in [2.75, 3.05) is 25.0 Å². The summed E-state index contributed by atoms with van der Waals surface area (Å²) in [6, 6.07) is 0. The lowest BCUT2D eigenvalue weighted by molar-refractivity contribution is 0.104. The van der Waals surface area contributed by atoms with Crippen molar-refractivity contribution < 1.29 is 4.74 Å². The topological polar surface area (TPSA) is 21.3 Å². The zero-order valence-corrected chi connectivity index (χ0v) is 10.5. The number of hydrogen-bond acceptors (Lipinski definition) is 2. The van der Waals surface area contributed by atoms with E-state index in [2.05, 4.69) is 21.2 Å². The first kappa shape index (κ1) is 12.5. The smallest absolute Gasteiger partial charge is 0.0588 e. The molecule has 0 radical (unpaired) electrons. The first-order chi connectivity index (χ1) is 6.93. The van der Waals surface area contributed by atoms with E-state index in [0.29, 0.717) is 6.10 Å². The predicted molar refractivity (Wildman–Crippen MR) is 64.1 cm³/mol. The summed E-state index contributed by atoms with van der Waals surface area (Å²) in [5, 5.41) is 4.62. The Balaban J connectivity index is 1.75. The van der Waals surface area contributed by atoms with E-state index in [9.17, 15) is 0 Å². The zero-order chi connectivity index (χ0) is 10.1. The van der Waals surface area contributed by atoms with Crippen LogP contribution in [-0.4, -0.2) is 31.1 Å². The molecule has 1 fully saturated rings. The molecule has 0 aliphatic carbocycles. The van der Waals surface area contributed by atoms with Crippen LogP contribution in [0.2, 0.25) is 0 Å². The molecule has 0 aromatic carbocycles. The Morgan fingerprint density at radius 3 is 2.86 bits per heavy atom. The molecule has 0 saturated carbocycles. The first-order valence-corrected chi connectivity index (χ1v) is 6.94. The van der Waals surface area contributed by atoms with Gasteiger partial charge in [-0.25, -0.2) is 0 Å². The van der Waals surface area contributed by atoms with E-state index in [-0.39, 0.29) is 0 Å². The number of alkyl halides is 1. The number of nitrogens with one attached hydrogen (secondary N) is 1. The summed E-state index contributed by atoms with van der Waals surface area (Å²) in [5.74, 6) is 0. The van der Waals surface area contributed by atoms with Gasteiger partial charge >= 0.3 is 0 Å². The summed E-state index contributed by atoms with van der Waals surface area (Å²) in [4.78, 5) is 0. The normalized spacial score (nSPS) is 21.6. The third-order valence-electron chi connectivity index (χ3n) is 2.65. The van der Waals surface area contributed by atoms with Crippen LogP contribution in [-0.2, 0) is 4.74 Å². The molecule has 1 heterocycles. The van der Waals surface area contributed by atoms with Crippen molar-refractivity contribution in [2.24, 2.45) is 0 Å². The average Bonchev–Trinajstić information content (AvgIpc) is 2.69. The standard InChI is InChI=1S/C11H22BrNO/c12-7-2-1-3-8-13-9-6-11-5-4-10-14-11/h11,13H,1-10H2. The molecule has 1 atom stereocenters. The van der Waals surface area contributed by atoms with Crippen LogP contribution in [0.1, 0.15) is 38.5 Å². The minimum Gasteiger partial charge on any atom is -0.378 e. The summed E-state index contributed by atoms with van der Waals surface area (Å²) in [6.45, 7) is 3.27. The monoisotopic (exact) mass is 263 g/mol. The average molecular weight is 264 g/mol. The van der Waals surface area contributed by atoms with Gasteiger partial charge in [-0.3, -0.25) is 0 Å². The molecule has 0 amide bonds. The molecular weight excluding hydrogens is 242 g/mol. The Bertz CT molecular complexity index is 126. The van der Waals surface area contributed by atoms with Crippen LogP contribution in [0.4, 0.5) is 0 Å². The maximum absolute atomic E-state index is 5.55. The summed E-state index contributed by atoms with van der Waals surface area (Å²) >= 11 is 3.44. The van der Waals surface area contributed by atoms with Gasteiger partial charge in [-0.2, -0.15) is 0 Å². The van der Waals surface area contributed by atoms with E-state index in [1.54, 1.807) is 0 Å². The number of ether oxygens (including phenoxy) is 1. The maximum Gasteiger partial charge on any atom is 0.0588 e. The van der Waals surface area contributed by atoms with Gasteiger partial charge in [0.2, 0.25) is 0 Å². The molecule has 1 saturated heterocycles. The molecule has 0 aromatic rings. The molecule has 1 aliphatic rings. The molecule has 0 spiro atoms. The lowest BCUT2D eigenvalue weighted by Crippen LogP contribution is -2.21. The number of hydrogen-bond donors (Lipinski definition) is 1. The van der Waals surface area contributed by atoms with Crippen molar-refractivity contribution in [3.05, 3.63) is 0 Å². The van der Waals surface area contributed by atoms with Crippen LogP contribution < -0.4 is 5.32 Å². The lowest BCUT2D eigenvalue weighted by atomic mass is 10.2. The fraction of sp³-hybridized carbons (Fsp3) is 1.00. The lowest BCUT2D eigenvalue weighted by Gasteiger charge is -2.09. The summed E-state index contributed by atoms with van der Waals surface area (Å²) < 4.78 is 5.55. The highest BCUT2D eigenvalue weighted by atomic mass is 79.9. The van der Waals surface area contributed by atoms with Crippen LogP contribution in [0.5, 0.6) is 0 Å². The minimum atomic E-state index is 0.546. The number of unbranched alkanes of at least 4 members (excludes halogenated alkanes) is 2. The molecule has 0 bridgehead atoms. The predicted octanol–water partition coefficient (Wildman–Crippen LogP) is 2.71. The third-order valence-corrected chi connectivity index (χ3v) is 3.21. The Hall–Kier alpha value is 0.400. The van der Waals surface area contributed by atoms with Gasteiger partial charge in [-0.1, -0.05) is 22.4 Å². The summed E-state index contributed by atoms with van der Waals surface area (Å²) in [5.41, 5.74) is 0. The maximum atomic E-state index is 5.55. The fourth-order valence-electron chi connectivity index (χ4n) is 1.78. The first-order valence-electron chi connectivity index (χ1n) is 5.82. The Labute approximate surface area is 95.9 Å². The van der Waals surface area contributed by atoms with E-state index >= 15 is 0 Å². The second-order valence-electron chi connectivity index (χ2n) is 3.92. The molecule has 84 valence electrons. The van der Waals surface area contributed by atoms with Crippen molar-refractivity contribution in [1.29, 1.82) is 0 Å². The quantitative estimate of drug-likeness (QED) is 0.537. The second kappa shape index (κ2) is 8.69. The van der Waals surface area contributed by atoms with Crippen molar-refractivity contribution in [3.63, 3.8) is 0 Å². The van der Waals surface area contributed by atoms with Gasteiger partial charge in [-0.05, 0) is 45.2 Å². The Morgan fingerprint density at radius 2 is 2.14 bits per heavy atom. The van der Waals surface area contributed by atoms with Gasteiger partial charge in [0.25, 0.3) is 0 Å². The van der Waals surface area contributed by atoms with Crippen LogP contribution >= 0.6 is 15.9 Å². The van der Waals surface area contributed by atoms with Crippen LogP contribution in [0.25, 0.3) is 0 Å². The van der Waals surface area contributed by atoms with E-state index in [1.165, 1.54) is 45.1 Å². The van der Waals surface area contributed by atoms with E-state index in [1.807, 2.05) is 0 Å². The Morgan fingerprint density at radius 1 is 1.21 bits per heavy atom. The van der Waals surface area contributed by atoms with Crippen LogP contribution in [0, 0.1) is 0 Å². The van der Waals surface area contributed by atoms with Gasteiger partial charge in [0.1, 0.15) is 0 Å². The fourth-order valence-corrected chi connectivity index (χ4v) is 2.18. The molecule has 1 unspecified atom stereocenters. The van der Waals surface area contributed by atoms with Gasteiger partial charge in [0, 0.05) is 11.9 Å². The van der Waals surface area contributed by atoms with Crippen molar-refractivity contribution in [3.8, 4) is 0 Å². The Kier molecular flexibility index (Phi) is 7.74. The molecule has 1 N–H and O–H groups in total. The van der Waals surface area contributed by atoms with E-state index in [4.69, 9.17) is 4.74 Å². The van der Waals surface area contributed by atoms with Crippen molar-refractivity contribution in [1.82, 2.24) is 5.32 Å². The van der Waals surface area contributed by atoms with E-state index in [0.717, 1.165) is 18.5 Å². The number of rotatable bonds is 8. The van der Waals surface area contributed by atoms with Crippen molar-refractivity contribution >= 4 is 15.9 Å². The highest BCUT2D eigenvalue weighted by molar-refractivity contribution is 9.09. The SMILES string of the molecule is BrCCCCCNCCC1CCCO1.